The van der Waals surface area contributed by atoms with E-state index in [1.54, 1.807) is 0 Å². The molecule has 2 aliphatic rings. The van der Waals surface area contributed by atoms with Gasteiger partial charge in [0.05, 0.1) is 0 Å². The van der Waals surface area contributed by atoms with Crippen LogP contribution in [0.1, 0.15) is 19.3 Å². The van der Waals surface area contributed by atoms with Crippen LogP contribution in [0.3, 0.4) is 0 Å². The van der Waals surface area contributed by atoms with Gasteiger partial charge in [0, 0.05) is 23.6 Å². The second kappa shape index (κ2) is 4.67. The maximum Gasteiger partial charge on any atom is 0.0251 e. The number of nitrogens with one attached hydrogen (secondary N) is 1. The Morgan fingerprint density at radius 2 is 2.00 bits per heavy atom. The molecule has 1 N–H and O–H groups in total. The van der Waals surface area contributed by atoms with Crippen LogP contribution in [0.5, 0.6) is 0 Å². The minimum atomic E-state index is 0.802. The zero-order chi connectivity index (χ0) is 9.10. The van der Waals surface area contributed by atoms with E-state index in [9.17, 15) is 0 Å². The lowest BCUT2D eigenvalue weighted by Gasteiger charge is -2.30. The quantitative estimate of drug-likeness (QED) is 0.720. The van der Waals surface area contributed by atoms with E-state index in [1.165, 1.54) is 43.9 Å². The van der Waals surface area contributed by atoms with Crippen molar-refractivity contribution in [2.24, 2.45) is 0 Å². The Balaban J connectivity index is 1.71. The molecule has 13 heavy (non-hydrogen) atoms. The topological polar surface area (TPSA) is 15.3 Å². The van der Waals surface area contributed by atoms with Crippen molar-refractivity contribution in [3.63, 3.8) is 0 Å². The van der Waals surface area contributed by atoms with E-state index in [0.717, 1.165) is 12.1 Å². The average Bonchev–Trinajstić information content (AvgIpc) is 2.23. The highest BCUT2D eigenvalue weighted by atomic mass is 32.2. The molecular weight excluding hydrogens is 180 g/mol. The Hall–Kier alpha value is 0.270. The molecule has 2 aliphatic heterocycles. The second-order valence-electron chi connectivity index (χ2n) is 4.33. The SMILES string of the molecule is CN1CCCC(NC2CSC2)CC1. The molecule has 0 aromatic heterocycles. The fourth-order valence-corrected chi connectivity index (χ4v) is 2.74. The average molecular weight is 200 g/mol. The Labute approximate surface area is 85.4 Å². The van der Waals surface area contributed by atoms with Crippen molar-refractivity contribution in [1.82, 2.24) is 10.2 Å². The number of nitrogens with zero attached hydrogens (tertiary/aromatic N) is 1. The normalized spacial score (nSPS) is 32.5. The smallest absolute Gasteiger partial charge is 0.0251 e. The molecule has 76 valence electrons. The summed E-state index contributed by atoms with van der Waals surface area (Å²) in [7, 11) is 2.24. The first kappa shape index (κ1) is 9.81. The molecule has 1 unspecified atom stereocenters. The molecule has 0 spiro atoms. The van der Waals surface area contributed by atoms with Gasteiger partial charge in [0.2, 0.25) is 0 Å². The highest BCUT2D eigenvalue weighted by Crippen LogP contribution is 2.20. The highest BCUT2D eigenvalue weighted by molar-refractivity contribution is 8.00. The minimum Gasteiger partial charge on any atom is -0.310 e. The number of thioether (sulfide) groups is 1. The summed E-state index contributed by atoms with van der Waals surface area (Å²) in [5.41, 5.74) is 0. The van der Waals surface area contributed by atoms with Gasteiger partial charge in [-0.1, -0.05) is 0 Å². The number of rotatable bonds is 2. The van der Waals surface area contributed by atoms with Gasteiger partial charge in [0.1, 0.15) is 0 Å². The summed E-state index contributed by atoms with van der Waals surface area (Å²) in [4.78, 5) is 2.46. The first-order valence-electron chi connectivity index (χ1n) is 5.37. The molecule has 0 radical (unpaired) electrons. The lowest BCUT2D eigenvalue weighted by atomic mass is 10.1. The van der Waals surface area contributed by atoms with E-state index in [-0.39, 0.29) is 0 Å². The molecule has 0 aliphatic carbocycles. The first-order chi connectivity index (χ1) is 6.34. The fourth-order valence-electron chi connectivity index (χ4n) is 2.07. The predicted molar refractivity (Wildman–Crippen MR) is 59.4 cm³/mol. The van der Waals surface area contributed by atoms with Gasteiger partial charge >= 0.3 is 0 Å². The number of likely N-dealkylation sites (tertiary alicyclic amines) is 1. The monoisotopic (exact) mass is 200 g/mol. The highest BCUT2D eigenvalue weighted by Gasteiger charge is 2.22. The van der Waals surface area contributed by atoms with Crippen LogP contribution >= 0.6 is 11.8 Å². The molecule has 2 nitrogen and oxygen atoms in total. The lowest BCUT2D eigenvalue weighted by Crippen LogP contribution is -2.46. The van der Waals surface area contributed by atoms with Crippen molar-refractivity contribution in [3.8, 4) is 0 Å². The van der Waals surface area contributed by atoms with E-state index in [4.69, 9.17) is 0 Å². The Morgan fingerprint density at radius 1 is 1.15 bits per heavy atom. The van der Waals surface area contributed by atoms with Crippen molar-refractivity contribution in [2.75, 3.05) is 31.6 Å². The summed E-state index contributed by atoms with van der Waals surface area (Å²) in [6, 6.07) is 1.63. The molecule has 0 aromatic carbocycles. The second-order valence-corrected chi connectivity index (χ2v) is 5.41. The van der Waals surface area contributed by atoms with Crippen LogP contribution in [0.2, 0.25) is 0 Å². The minimum absolute atomic E-state index is 0.802. The molecule has 1 atom stereocenters. The molecule has 0 saturated carbocycles. The summed E-state index contributed by atoms with van der Waals surface area (Å²) < 4.78 is 0. The molecule has 2 rings (SSSR count). The summed E-state index contributed by atoms with van der Waals surface area (Å²) in [6.07, 6.45) is 4.09. The molecule has 0 amide bonds. The zero-order valence-corrected chi connectivity index (χ0v) is 9.28. The van der Waals surface area contributed by atoms with E-state index >= 15 is 0 Å². The van der Waals surface area contributed by atoms with Gasteiger partial charge in [0.15, 0.2) is 0 Å². The first-order valence-corrected chi connectivity index (χ1v) is 6.52. The van der Waals surface area contributed by atoms with E-state index in [1.807, 2.05) is 0 Å². The van der Waals surface area contributed by atoms with Crippen molar-refractivity contribution >= 4 is 11.8 Å². The zero-order valence-electron chi connectivity index (χ0n) is 8.46. The van der Waals surface area contributed by atoms with Crippen LogP contribution < -0.4 is 5.32 Å². The van der Waals surface area contributed by atoms with E-state index in [0.29, 0.717) is 0 Å². The van der Waals surface area contributed by atoms with Gasteiger partial charge in [-0.2, -0.15) is 11.8 Å². The Kier molecular flexibility index (Phi) is 3.52. The van der Waals surface area contributed by atoms with Crippen LogP contribution in [0.4, 0.5) is 0 Å². The van der Waals surface area contributed by atoms with Crippen LogP contribution in [0.15, 0.2) is 0 Å². The van der Waals surface area contributed by atoms with Crippen molar-refractivity contribution in [3.05, 3.63) is 0 Å². The summed E-state index contributed by atoms with van der Waals surface area (Å²) in [5.74, 6) is 2.68. The van der Waals surface area contributed by atoms with Gasteiger partial charge < -0.3 is 10.2 Å². The van der Waals surface area contributed by atoms with Gasteiger partial charge in [-0.15, -0.1) is 0 Å². The number of hydrogen-bond donors (Lipinski definition) is 1. The van der Waals surface area contributed by atoms with E-state index in [2.05, 4.69) is 29.0 Å². The van der Waals surface area contributed by atoms with Crippen molar-refractivity contribution < 1.29 is 0 Å². The van der Waals surface area contributed by atoms with Crippen LogP contribution in [-0.2, 0) is 0 Å². The third kappa shape index (κ3) is 2.86. The molecule has 0 aromatic rings. The van der Waals surface area contributed by atoms with Crippen molar-refractivity contribution in [1.29, 1.82) is 0 Å². The van der Waals surface area contributed by atoms with Gasteiger partial charge in [-0.05, 0) is 39.4 Å². The maximum atomic E-state index is 3.77. The predicted octanol–water partition coefficient (Wildman–Crippen LogP) is 1.18. The third-order valence-electron chi connectivity index (χ3n) is 3.06. The van der Waals surface area contributed by atoms with Gasteiger partial charge in [0.25, 0.3) is 0 Å². The summed E-state index contributed by atoms with van der Waals surface area (Å²) >= 11 is 2.07. The van der Waals surface area contributed by atoms with Crippen molar-refractivity contribution in [2.45, 2.75) is 31.3 Å². The van der Waals surface area contributed by atoms with E-state index < -0.39 is 0 Å². The van der Waals surface area contributed by atoms with Gasteiger partial charge in [-0.25, -0.2) is 0 Å². The summed E-state index contributed by atoms with van der Waals surface area (Å²) in [5, 5.41) is 3.77. The Morgan fingerprint density at radius 3 is 2.69 bits per heavy atom. The largest absolute Gasteiger partial charge is 0.310 e. The van der Waals surface area contributed by atoms with Gasteiger partial charge in [-0.3, -0.25) is 0 Å². The van der Waals surface area contributed by atoms with Crippen LogP contribution in [0, 0.1) is 0 Å². The number of hydrogen-bond acceptors (Lipinski definition) is 3. The lowest BCUT2D eigenvalue weighted by molar-refractivity contribution is 0.341. The fraction of sp³-hybridized carbons (Fsp3) is 1.00. The molecule has 3 heteroatoms. The van der Waals surface area contributed by atoms with Crippen LogP contribution in [-0.4, -0.2) is 48.6 Å². The molecule has 2 heterocycles. The Bertz CT molecular complexity index is 159. The molecule has 0 bridgehead atoms. The molecule has 2 fully saturated rings. The molecule has 2 saturated heterocycles. The maximum absolute atomic E-state index is 3.77. The summed E-state index contributed by atoms with van der Waals surface area (Å²) in [6.45, 7) is 2.56. The van der Waals surface area contributed by atoms with Crippen LogP contribution in [0.25, 0.3) is 0 Å². The third-order valence-corrected chi connectivity index (χ3v) is 4.34. The standard InChI is InChI=1S/C10H20N2S/c1-12-5-2-3-9(4-6-12)11-10-7-13-8-10/h9-11H,2-8H2,1H3. The molecular formula is C10H20N2S.